The Morgan fingerprint density at radius 2 is 1.90 bits per heavy atom. The van der Waals surface area contributed by atoms with Crippen LogP contribution in [0.4, 0.5) is 10.5 Å². The Labute approximate surface area is 176 Å². The van der Waals surface area contributed by atoms with Crippen LogP contribution < -0.4 is 4.90 Å². The van der Waals surface area contributed by atoms with Crippen molar-refractivity contribution >= 4 is 34.7 Å². The van der Waals surface area contributed by atoms with Gasteiger partial charge in [0.25, 0.3) is 11.1 Å². The Hall–Kier alpha value is -2.53. The van der Waals surface area contributed by atoms with Crippen molar-refractivity contribution in [3.8, 4) is 0 Å². The smallest absolute Gasteiger partial charge is 0.293 e. The quantitative estimate of drug-likeness (QED) is 0.624. The minimum Gasteiger partial charge on any atom is -0.371 e. The number of nitrogens with zero attached hydrogens (tertiary/aromatic N) is 2. The summed E-state index contributed by atoms with van der Waals surface area (Å²) in [7, 11) is 0. The fourth-order valence-corrected chi connectivity index (χ4v) is 4.88. The van der Waals surface area contributed by atoms with Gasteiger partial charge in [0.15, 0.2) is 0 Å². The largest absolute Gasteiger partial charge is 0.371 e. The number of thioether (sulfide) groups is 1. The predicted molar refractivity (Wildman–Crippen MR) is 120 cm³/mol. The van der Waals surface area contributed by atoms with Crippen molar-refractivity contribution in [3.05, 3.63) is 70.1 Å². The number of carbonyl (C=O) groups excluding carboxylic acids is 2. The Bertz CT molecular complexity index is 939. The molecule has 2 aliphatic heterocycles. The van der Waals surface area contributed by atoms with Crippen LogP contribution in [-0.2, 0) is 17.6 Å². The fraction of sp³-hybridized carbons (Fsp3) is 0.333. The minimum atomic E-state index is -0.179. The van der Waals surface area contributed by atoms with Crippen molar-refractivity contribution in [2.75, 3.05) is 24.5 Å². The first-order chi connectivity index (χ1) is 14.2. The van der Waals surface area contributed by atoms with Gasteiger partial charge in [-0.15, -0.1) is 0 Å². The SMILES string of the molecule is CCCN1CCCc2cc(/C=C3/SC(=O)N(CCc4ccccc4)C3=O)ccc21. The third kappa shape index (κ3) is 4.40. The first-order valence-electron chi connectivity index (χ1n) is 10.3. The molecule has 4 rings (SSSR count). The van der Waals surface area contributed by atoms with Gasteiger partial charge in [0.05, 0.1) is 4.91 Å². The van der Waals surface area contributed by atoms with Crippen LogP contribution in [0, 0.1) is 0 Å². The maximum Gasteiger partial charge on any atom is 0.293 e. The van der Waals surface area contributed by atoms with E-state index in [1.165, 1.54) is 16.2 Å². The topological polar surface area (TPSA) is 40.6 Å². The lowest BCUT2D eigenvalue weighted by molar-refractivity contribution is -0.122. The summed E-state index contributed by atoms with van der Waals surface area (Å²) in [6, 6.07) is 16.3. The molecule has 1 saturated heterocycles. The van der Waals surface area contributed by atoms with Crippen molar-refractivity contribution < 1.29 is 9.59 Å². The molecule has 0 bridgehead atoms. The lowest BCUT2D eigenvalue weighted by Crippen LogP contribution is -2.30. The molecule has 0 atom stereocenters. The zero-order chi connectivity index (χ0) is 20.2. The molecule has 4 nitrogen and oxygen atoms in total. The Morgan fingerprint density at radius 3 is 2.69 bits per heavy atom. The molecule has 5 heteroatoms. The second kappa shape index (κ2) is 8.87. The Balaban J connectivity index is 1.48. The minimum absolute atomic E-state index is 0.177. The van der Waals surface area contributed by atoms with Gasteiger partial charge in [-0.25, -0.2) is 0 Å². The van der Waals surface area contributed by atoms with Crippen LogP contribution in [0.3, 0.4) is 0 Å². The van der Waals surface area contributed by atoms with Crippen molar-refractivity contribution in [1.29, 1.82) is 0 Å². The third-order valence-electron chi connectivity index (χ3n) is 5.45. The second-order valence-electron chi connectivity index (χ2n) is 7.55. The highest BCUT2D eigenvalue weighted by atomic mass is 32.2. The van der Waals surface area contributed by atoms with E-state index >= 15 is 0 Å². The number of carbonyl (C=O) groups is 2. The normalized spacial score (nSPS) is 17.9. The molecule has 0 radical (unpaired) electrons. The molecule has 2 aromatic rings. The van der Waals surface area contributed by atoms with E-state index < -0.39 is 0 Å². The Morgan fingerprint density at radius 1 is 1.07 bits per heavy atom. The van der Waals surface area contributed by atoms with E-state index in [0.717, 1.165) is 55.2 Å². The number of anilines is 1. The maximum atomic E-state index is 12.8. The summed E-state index contributed by atoms with van der Waals surface area (Å²) in [6.07, 6.45) is 5.91. The average Bonchev–Trinajstić information content (AvgIpc) is 3.00. The number of amides is 2. The number of hydrogen-bond acceptors (Lipinski definition) is 4. The van der Waals surface area contributed by atoms with E-state index in [-0.39, 0.29) is 11.1 Å². The van der Waals surface area contributed by atoms with Crippen LogP contribution >= 0.6 is 11.8 Å². The molecule has 2 aliphatic rings. The summed E-state index contributed by atoms with van der Waals surface area (Å²) in [5, 5.41) is -0.177. The highest BCUT2D eigenvalue weighted by Gasteiger charge is 2.34. The molecule has 2 amide bonds. The van der Waals surface area contributed by atoms with Crippen LogP contribution in [0.5, 0.6) is 0 Å². The van der Waals surface area contributed by atoms with Gasteiger partial charge in [-0.2, -0.15) is 0 Å². The monoisotopic (exact) mass is 406 g/mol. The molecule has 0 aliphatic carbocycles. The number of aryl methyl sites for hydroxylation is 1. The molecule has 0 spiro atoms. The van der Waals surface area contributed by atoms with Gasteiger partial charge in [-0.3, -0.25) is 14.5 Å². The number of hydrogen-bond donors (Lipinski definition) is 0. The molecule has 0 aromatic heterocycles. The van der Waals surface area contributed by atoms with E-state index in [4.69, 9.17) is 0 Å². The summed E-state index contributed by atoms with van der Waals surface area (Å²) in [6.45, 7) is 4.81. The van der Waals surface area contributed by atoms with Crippen LogP contribution in [0.15, 0.2) is 53.4 Å². The standard InChI is InChI=1S/C24H26N2O2S/c1-2-13-25-14-6-9-20-16-19(10-11-21(20)25)17-22-23(27)26(24(28)29-22)15-12-18-7-4-3-5-8-18/h3-5,7-8,10-11,16-17H,2,6,9,12-15H2,1H3/b22-17+. The second-order valence-corrected chi connectivity index (χ2v) is 8.54. The molecule has 2 aromatic carbocycles. The van der Waals surface area contributed by atoms with Gasteiger partial charge in [-0.1, -0.05) is 43.3 Å². The van der Waals surface area contributed by atoms with Crippen molar-refractivity contribution in [2.45, 2.75) is 32.6 Å². The fourth-order valence-electron chi connectivity index (χ4n) is 4.02. The van der Waals surface area contributed by atoms with Gasteiger partial charge >= 0.3 is 0 Å². The van der Waals surface area contributed by atoms with Crippen LogP contribution in [0.2, 0.25) is 0 Å². The first-order valence-corrected chi connectivity index (χ1v) is 11.1. The van der Waals surface area contributed by atoms with E-state index in [2.05, 4.69) is 30.0 Å². The molecule has 0 unspecified atom stereocenters. The maximum absolute atomic E-state index is 12.8. The van der Waals surface area contributed by atoms with Crippen molar-refractivity contribution in [2.24, 2.45) is 0 Å². The van der Waals surface area contributed by atoms with E-state index in [1.807, 2.05) is 36.4 Å². The predicted octanol–water partition coefficient (Wildman–Crippen LogP) is 5.13. The highest BCUT2D eigenvalue weighted by Crippen LogP contribution is 2.34. The van der Waals surface area contributed by atoms with Crippen molar-refractivity contribution in [3.63, 3.8) is 0 Å². The van der Waals surface area contributed by atoms with E-state index in [0.29, 0.717) is 17.9 Å². The zero-order valence-electron chi connectivity index (χ0n) is 16.8. The first kappa shape index (κ1) is 19.8. The zero-order valence-corrected chi connectivity index (χ0v) is 17.6. The summed E-state index contributed by atoms with van der Waals surface area (Å²) < 4.78 is 0. The molecule has 150 valence electrons. The van der Waals surface area contributed by atoms with Crippen LogP contribution in [-0.4, -0.2) is 35.7 Å². The number of benzene rings is 2. The molecule has 29 heavy (non-hydrogen) atoms. The molecule has 0 N–H and O–H groups in total. The summed E-state index contributed by atoms with van der Waals surface area (Å²) in [5.41, 5.74) is 4.77. The van der Waals surface area contributed by atoms with Crippen LogP contribution in [0.1, 0.15) is 36.5 Å². The molecule has 1 fully saturated rings. The van der Waals surface area contributed by atoms with Gasteiger partial charge < -0.3 is 4.90 Å². The third-order valence-corrected chi connectivity index (χ3v) is 6.36. The van der Waals surface area contributed by atoms with Gasteiger partial charge in [0.2, 0.25) is 0 Å². The number of rotatable bonds is 6. The van der Waals surface area contributed by atoms with Crippen LogP contribution in [0.25, 0.3) is 6.08 Å². The molecular weight excluding hydrogens is 380 g/mol. The molecule has 0 saturated carbocycles. The van der Waals surface area contributed by atoms with Crippen molar-refractivity contribution in [1.82, 2.24) is 4.90 Å². The van der Waals surface area contributed by atoms with Gasteiger partial charge in [-0.05, 0) is 72.3 Å². The van der Waals surface area contributed by atoms with E-state index in [9.17, 15) is 9.59 Å². The molecular formula is C24H26N2O2S. The highest BCUT2D eigenvalue weighted by molar-refractivity contribution is 8.18. The lowest BCUT2D eigenvalue weighted by atomic mass is 9.99. The Kier molecular flexibility index (Phi) is 6.05. The number of fused-ring (bicyclic) bond motifs is 1. The summed E-state index contributed by atoms with van der Waals surface area (Å²) in [4.78, 5) is 29.5. The summed E-state index contributed by atoms with van der Waals surface area (Å²) >= 11 is 1.05. The molecule has 2 heterocycles. The average molecular weight is 407 g/mol. The van der Waals surface area contributed by atoms with Gasteiger partial charge in [0, 0.05) is 25.3 Å². The number of imide groups is 1. The lowest BCUT2D eigenvalue weighted by Gasteiger charge is -2.31. The van der Waals surface area contributed by atoms with Gasteiger partial charge in [0.1, 0.15) is 0 Å². The summed E-state index contributed by atoms with van der Waals surface area (Å²) in [5.74, 6) is -0.179. The van der Waals surface area contributed by atoms with E-state index in [1.54, 1.807) is 0 Å².